The predicted molar refractivity (Wildman–Crippen MR) is 68.7 cm³/mol. The summed E-state index contributed by atoms with van der Waals surface area (Å²) in [4.78, 5) is 20.9. The van der Waals surface area contributed by atoms with Gasteiger partial charge in [0.25, 0.3) is 0 Å². The van der Waals surface area contributed by atoms with Crippen LogP contribution in [0.2, 0.25) is 0 Å². The zero-order valence-electron chi connectivity index (χ0n) is 11.3. The van der Waals surface area contributed by atoms with Crippen LogP contribution in [-0.2, 0) is 5.41 Å². The highest BCUT2D eigenvalue weighted by Crippen LogP contribution is 2.21. The molecule has 1 aromatic rings. The summed E-state index contributed by atoms with van der Waals surface area (Å²) in [6.07, 6.45) is 4.61. The third kappa shape index (κ3) is 3.03. The smallest absolute Gasteiger partial charge is 0.391 e. The van der Waals surface area contributed by atoms with Gasteiger partial charge in [-0.05, 0) is 19.3 Å². The number of carbonyl (C=O) groups is 1. The van der Waals surface area contributed by atoms with E-state index in [0.29, 0.717) is 5.88 Å². The largest absolute Gasteiger partial charge is 0.416 e. The number of hydrogen-bond acceptors (Lipinski definition) is 3. The summed E-state index contributed by atoms with van der Waals surface area (Å²) in [5, 5.41) is 0. The van der Waals surface area contributed by atoms with Gasteiger partial charge in [0.2, 0.25) is 5.88 Å². The number of imidazole rings is 1. The summed E-state index contributed by atoms with van der Waals surface area (Å²) in [5.74, 6) is 1.25. The van der Waals surface area contributed by atoms with Gasteiger partial charge in [0.05, 0.1) is 6.20 Å². The van der Waals surface area contributed by atoms with Crippen molar-refractivity contribution in [2.24, 2.45) is 0 Å². The van der Waals surface area contributed by atoms with Crippen molar-refractivity contribution in [2.75, 3.05) is 13.1 Å². The second kappa shape index (κ2) is 5.00. The molecule has 18 heavy (non-hydrogen) atoms. The van der Waals surface area contributed by atoms with Gasteiger partial charge in [0, 0.05) is 18.5 Å². The normalized spacial score (nSPS) is 16.7. The molecule has 0 aliphatic carbocycles. The van der Waals surface area contributed by atoms with Crippen LogP contribution in [0.5, 0.6) is 5.88 Å². The monoisotopic (exact) mass is 251 g/mol. The molecule has 100 valence electrons. The molecule has 5 nitrogen and oxygen atoms in total. The van der Waals surface area contributed by atoms with E-state index in [-0.39, 0.29) is 11.5 Å². The highest BCUT2D eigenvalue weighted by Gasteiger charge is 2.21. The van der Waals surface area contributed by atoms with Gasteiger partial charge in [0.15, 0.2) is 0 Å². The number of amides is 1. The number of piperidine rings is 1. The molecular formula is C13H21N3O2. The van der Waals surface area contributed by atoms with E-state index >= 15 is 0 Å². The quantitative estimate of drug-likeness (QED) is 0.834. The molecule has 5 heteroatoms. The molecule has 1 fully saturated rings. The molecular weight excluding hydrogens is 230 g/mol. The van der Waals surface area contributed by atoms with Gasteiger partial charge in [-0.2, -0.15) is 0 Å². The SMILES string of the molecule is CC(C)(C)c1ncc(OC(=O)N2CCCCC2)[nH]1. The number of hydrogen-bond donors (Lipinski definition) is 1. The topological polar surface area (TPSA) is 58.2 Å². The molecule has 2 rings (SSSR count). The number of H-pyrrole nitrogens is 1. The minimum absolute atomic E-state index is 0.0736. The first-order valence-corrected chi connectivity index (χ1v) is 6.49. The minimum Gasteiger partial charge on any atom is -0.391 e. The Balaban J connectivity index is 1.96. The van der Waals surface area contributed by atoms with E-state index in [4.69, 9.17) is 4.74 Å². The van der Waals surface area contributed by atoms with E-state index in [1.165, 1.54) is 6.42 Å². The second-order valence-electron chi connectivity index (χ2n) is 5.76. The number of rotatable bonds is 1. The minimum atomic E-state index is -0.279. The number of nitrogens with zero attached hydrogens (tertiary/aromatic N) is 2. The van der Waals surface area contributed by atoms with Gasteiger partial charge in [0.1, 0.15) is 5.82 Å². The lowest BCUT2D eigenvalue weighted by atomic mass is 9.96. The summed E-state index contributed by atoms with van der Waals surface area (Å²) in [6, 6.07) is 0. The highest BCUT2D eigenvalue weighted by molar-refractivity contribution is 5.70. The van der Waals surface area contributed by atoms with Crippen LogP contribution < -0.4 is 4.74 Å². The molecule has 1 amide bonds. The van der Waals surface area contributed by atoms with Crippen molar-refractivity contribution in [3.8, 4) is 5.88 Å². The van der Waals surface area contributed by atoms with Crippen LogP contribution >= 0.6 is 0 Å². The van der Waals surface area contributed by atoms with E-state index in [2.05, 4.69) is 30.7 Å². The van der Waals surface area contributed by atoms with Crippen LogP contribution in [-0.4, -0.2) is 34.1 Å². The lowest BCUT2D eigenvalue weighted by Crippen LogP contribution is -2.37. The Hall–Kier alpha value is -1.52. The van der Waals surface area contributed by atoms with Crippen molar-refractivity contribution in [3.63, 3.8) is 0 Å². The summed E-state index contributed by atoms with van der Waals surface area (Å²) in [7, 11) is 0. The first-order valence-electron chi connectivity index (χ1n) is 6.49. The van der Waals surface area contributed by atoms with E-state index in [0.717, 1.165) is 31.8 Å². The van der Waals surface area contributed by atoms with Gasteiger partial charge in [-0.25, -0.2) is 9.78 Å². The lowest BCUT2D eigenvalue weighted by molar-refractivity contribution is 0.141. The van der Waals surface area contributed by atoms with Crippen LogP contribution in [0, 0.1) is 0 Å². The fourth-order valence-electron chi connectivity index (χ4n) is 1.97. The number of carbonyl (C=O) groups excluding carboxylic acids is 1. The Morgan fingerprint density at radius 1 is 1.33 bits per heavy atom. The molecule has 0 radical (unpaired) electrons. The number of aromatic nitrogens is 2. The number of aromatic amines is 1. The zero-order valence-corrected chi connectivity index (χ0v) is 11.3. The van der Waals surface area contributed by atoms with Crippen LogP contribution in [0.1, 0.15) is 45.9 Å². The van der Waals surface area contributed by atoms with Crippen LogP contribution in [0.3, 0.4) is 0 Å². The highest BCUT2D eigenvalue weighted by atomic mass is 16.6. The molecule has 0 bridgehead atoms. The molecule has 0 atom stereocenters. The number of ether oxygens (including phenoxy) is 1. The Morgan fingerprint density at radius 2 is 2.00 bits per heavy atom. The first kappa shape index (κ1) is 12.9. The van der Waals surface area contributed by atoms with Crippen molar-refractivity contribution in [1.29, 1.82) is 0 Å². The van der Waals surface area contributed by atoms with E-state index in [1.54, 1.807) is 11.1 Å². The fourth-order valence-corrected chi connectivity index (χ4v) is 1.97. The maximum atomic E-state index is 11.9. The maximum Gasteiger partial charge on any atom is 0.416 e. The maximum absolute atomic E-state index is 11.9. The van der Waals surface area contributed by atoms with Gasteiger partial charge < -0.3 is 14.6 Å². The summed E-state index contributed by atoms with van der Waals surface area (Å²) in [5.41, 5.74) is -0.0736. The summed E-state index contributed by atoms with van der Waals surface area (Å²) < 4.78 is 5.30. The van der Waals surface area contributed by atoms with Crippen molar-refractivity contribution in [3.05, 3.63) is 12.0 Å². The van der Waals surface area contributed by atoms with Crippen molar-refractivity contribution >= 4 is 6.09 Å². The number of likely N-dealkylation sites (tertiary alicyclic amines) is 1. The molecule has 0 aromatic carbocycles. The third-order valence-electron chi connectivity index (χ3n) is 3.07. The molecule has 1 aromatic heterocycles. The summed E-state index contributed by atoms with van der Waals surface area (Å²) in [6.45, 7) is 7.75. The molecule has 1 aliphatic rings. The van der Waals surface area contributed by atoms with E-state index in [9.17, 15) is 4.79 Å². The summed E-state index contributed by atoms with van der Waals surface area (Å²) >= 11 is 0. The molecule has 1 N–H and O–H groups in total. The molecule has 1 saturated heterocycles. The Kier molecular flexibility index (Phi) is 3.59. The average molecular weight is 251 g/mol. The van der Waals surface area contributed by atoms with Gasteiger partial charge in [-0.15, -0.1) is 0 Å². The molecule has 0 spiro atoms. The van der Waals surface area contributed by atoms with Gasteiger partial charge >= 0.3 is 6.09 Å². The molecule has 0 unspecified atom stereocenters. The Labute approximate surface area is 108 Å². The fraction of sp³-hybridized carbons (Fsp3) is 0.692. The lowest BCUT2D eigenvalue weighted by Gasteiger charge is -2.25. The standard InChI is InChI=1S/C13H21N3O2/c1-13(2,3)11-14-9-10(15-11)18-12(17)16-7-5-4-6-8-16/h9H,4-8H2,1-3H3,(H,14,15). The second-order valence-corrected chi connectivity index (χ2v) is 5.76. The van der Waals surface area contributed by atoms with Crippen molar-refractivity contribution in [2.45, 2.75) is 45.4 Å². The Morgan fingerprint density at radius 3 is 2.56 bits per heavy atom. The third-order valence-corrected chi connectivity index (χ3v) is 3.07. The van der Waals surface area contributed by atoms with Crippen LogP contribution in [0.25, 0.3) is 0 Å². The number of nitrogens with one attached hydrogen (secondary N) is 1. The molecule has 1 aliphatic heterocycles. The molecule has 2 heterocycles. The zero-order chi connectivity index (χ0) is 13.2. The van der Waals surface area contributed by atoms with E-state index in [1.807, 2.05) is 0 Å². The molecule has 0 saturated carbocycles. The first-order chi connectivity index (χ1) is 8.47. The van der Waals surface area contributed by atoms with Crippen molar-refractivity contribution in [1.82, 2.24) is 14.9 Å². The van der Waals surface area contributed by atoms with Crippen LogP contribution in [0.4, 0.5) is 4.79 Å². The van der Waals surface area contributed by atoms with Crippen molar-refractivity contribution < 1.29 is 9.53 Å². The van der Waals surface area contributed by atoms with Gasteiger partial charge in [-0.1, -0.05) is 20.8 Å². The Bertz CT molecular complexity index is 414. The average Bonchev–Trinajstić information content (AvgIpc) is 2.78. The van der Waals surface area contributed by atoms with Crippen LogP contribution in [0.15, 0.2) is 6.20 Å². The van der Waals surface area contributed by atoms with Gasteiger partial charge in [-0.3, -0.25) is 0 Å². The predicted octanol–water partition coefficient (Wildman–Crippen LogP) is 2.69. The van der Waals surface area contributed by atoms with E-state index < -0.39 is 0 Å².